The summed E-state index contributed by atoms with van der Waals surface area (Å²) in [6.45, 7) is 10.5. The van der Waals surface area contributed by atoms with E-state index in [1.165, 1.54) is 11.1 Å². The fourth-order valence-electron chi connectivity index (χ4n) is 1.90. The number of hydrogen-bond acceptors (Lipinski definition) is 2. The molecule has 21 heavy (non-hydrogen) atoms. The first kappa shape index (κ1) is 17.2. The molecule has 4 heteroatoms. The maximum Gasteiger partial charge on any atom is 0.191 e. The monoisotopic (exact) mass is 288 g/mol. The van der Waals surface area contributed by atoms with Crippen LogP contribution in [-0.4, -0.2) is 37.5 Å². The first-order chi connectivity index (χ1) is 10.1. The van der Waals surface area contributed by atoms with Gasteiger partial charge in [-0.3, -0.25) is 9.89 Å². The highest BCUT2D eigenvalue weighted by molar-refractivity contribution is 5.79. The predicted molar refractivity (Wildman–Crippen MR) is 91.4 cm³/mol. The third kappa shape index (κ3) is 6.00. The van der Waals surface area contributed by atoms with Gasteiger partial charge in [-0.1, -0.05) is 30.3 Å². The summed E-state index contributed by atoms with van der Waals surface area (Å²) in [6, 6.07) is 9.06. The zero-order chi connectivity index (χ0) is 15.7. The Bertz CT molecular complexity index is 466. The molecule has 1 aromatic carbocycles. The van der Waals surface area contributed by atoms with Crippen molar-refractivity contribution < 1.29 is 0 Å². The minimum absolute atomic E-state index is 0.535. The maximum absolute atomic E-state index is 4.20. The van der Waals surface area contributed by atoms with Gasteiger partial charge in [-0.25, -0.2) is 0 Å². The normalized spacial score (nSPS) is 11.8. The molecule has 4 nitrogen and oxygen atoms in total. The lowest BCUT2D eigenvalue weighted by Crippen LogP contribution is -2.37. The van der Waals surface area contributed by atoms with Crippen LogP contribution in [0, 0.1) is 0 Å². The summed E-state index contributed by atoms with van der Waals surface area (Å²) in [5.41, 5.74) is 2.65. The molecule has 1 aromatic rings. The standard InChI is InChI=1S/C17H28N4/c1-6-11-19-17(18-4)20-12-15-9-7-8-10-16(15)13-21(5)14(2)3/h6-10,14H,1,11-13H2,2-5H3,(H2,18,19,20). The van der Waals surface area contributed by atoms with Crippen LogP contribution in [0.25, 0.3) is 0 Å². The molecule has 1 rings (SSSR count). The average Bonchev–Trinajstić information content (AvgIpc) is 2.48. The van der Waals surface area contributed by atoms with Gasteiger partial charge in [-0.05, 0) is 32.0 Å². The van der Waals surface area contributed by atoms with Crippen LogP contribution in [0.1, 0.15) is 25.0 Å². The summed E-state index contributed by atoms with van der Waals surface area (Å²) in [7, 11) is 3.93. The van der Waals surface area contributed by atoms with Gasteiger partial charge in [0.1, 0.15) is 0 Å². The summed E-state index contributed by atoms with van der Waals surface area (Å²) >= 11 is 0. The van der Waals surface area contributed by atoms with Crippen LogP contribution in [0.15, 0.2) is 41.9 Å². The Hall–Kier alpha value is -1.81. The highest BCUT2D eigenvalue weighted by Gasteiger charge is 2.08. The largest absolute Gasteiger partial charge is 0.353 e. The molecule has 0 unspecified atom stereocenters. The number of guanidine groups is 1. The number of aliphatic imine (C=N–C) groups is 1. The summed E-state index contributed by atoms with van der Waals surface area (Å²) in [5.74, 6) is 0.793. The van der Waals surface area contributed by atoms with E-state index in [-0.39, 0.29) is 0 Å². The second kappa shape index (κ2) is 9.19. The highest BCUT2D eigenvalue weighted by Crippen LogP contribution is 2.12. The molecule has 0 aromatic heterocycles. The third-order valence-corrected chi connectivity index (χ3v) is 3.50. The van der Waals surface area contributed by atoms with Crippen molar-refractivity contribution in [1.82, 2.24) is 15.5 Å². The predicted octanol–water partition coefficient (Wildman–Crippen LogP) is 2.38. The van der Waals surface area contributed by atoms with Gasteiger partial charge in [-0.15, -0.1) is 6.58 Å². The molecule has 0 saturated heterocycles. The maximum atomic E-state index is 4.20. The Balaban J connectivity index is 2.68. The van der Waals surface area contributed by atoms with Crippen molar-refractivity contribution in [2.45, 2.75) is 33.0 Å². The van der Waals surface area contributed by atoms with Gasteiger partial charge in [0, 0.05) is 32.7 Å². The van der Waals surface area contributed by atoms with E-state index >= 15 is 0 Å². The zero-order valence-corrected chi connectivity index (χ0v) is 13.7. The molecule has 2 N–H and O–H groups in total. The fraction of sp³-hybridized carbons (Fsp3) is 0.471. The number of nitrogens with one attached hydrogen (secondary N) is 2. The van der Waals surface area contributed by atoms with Crippen molar-refractivity contribution in [3.63, 3.8) is 0 Å². The second-order valence-corrected chi connectivity index (χ2v) is 5.37. The Morgan fingerprint density at radius 2 is 1.95 bits per heavy atom. The van der Waals surface area contributed by atoms with Gasteiger partial charge < -0.3 is 10.6 Å². The van der Waals surface area contributed by atoms with Crippen LogP contribution in [0.5, 0.6) is 0 Å². The molecule has 0 bridgehead atoms. The van der Waals surface area contributed by atoms with Crippen LogP contribution in [-0.2, 0) is 13.1 Å². The van der Waals surface area contributed by atoms with E-state index in [4.69, 9.17) is 0 Å². The molecule has 0 radical (unpaired) electrons. The molecule has 0 saturated carbocycles. The van der Waals surface area contributed by atoms with Crippen molar-refractivity contribution in [2.75, 3.05) is 20.6 Å². The van der Waals surface area contributed by atoms with Crippen molar-refractivity contribution in [3.05, 3.63) is 48.0 Å². The first-order valence-electron chi connectivity index (χ1n) is 7.41. The van der Waals surface area contributed by atoms with Crippen LogP contribution in [0.4, 0.5) is 0 Å². The van der Waals surface area contributed by atoms with Crippen molar-refractivity contribution in [3.8, 4) is 0 Å². The van der Waals surface area contributed by atoms with Gasteiger partial charge in [0.15, 0.2) is 5.96 Å². The van der Waals surface area contributed by atoms with E-state index in [0.717, 1.165) is 19.0 Å². The van der Waals surface area contributed by atoms with Crippen LogP contribution < -0.4 is 10.6 Å². The summed E-state index contributed by atoms with van der Waals surface area (Å²) in [5, 5.41) is 6.51. The molecule has 0 atom stereocenters. The van der Waals surface area contributed by atoms with Crippen molar-refractivity contribution in [1.29, 1.82) is 0 Å². The highest BCUT2D eigenvalue weighted by atomic mass is 15.2. The summed E-state index contributed by atoms with van der Waals surface area (Å²) < 4.78 is 0. The van der Waals surface area contributed by atoms with E-state index in [0.29, 0.717) is 12.6 Å². The molecule has 0 heterocycles. The molecule has 0 fully saturated rings. The van der Waals surface area contributed by atoms with E-state index in [1.54, 1.807) is 7.05 Å². The second-order valence-electron chi connectivity index (χ2n) is 5.37. The van der Waals surface area contributed by atoms with E-state index in [2.05, 4.69) is 72.3 Å². The number of nitrogens with zero attached hydrogens (tertiary/aromatic N) is 2. The molecule has 0 amide bonds. The minimum Gasteiger partial charge on any atom is -0.353 e. The lowest BCUT2D eigenvalue weighted by atomic mass is 10.1. The SMILES string of the molecule is C=CCNC(=NC)NCc1ccccc1CN(C)C(C)C. The molecular formula is C17H28N4. The minimum atomic E-state index is 0.535. The number of hydrogen-bond donors (Lipinski definition) is 2. The van der Waals surface area contributed by atoms with Gasteiger partial charge >= 0.3 is 0 Å². The Morgan fingerprint density at radius 1 is 1.29 bits per heavy atom. The molecule has 116 valence electrons. The Labute approximate surface area is 129 Å². The van der Waals surface area contributed by atoms with Crippen molar-refractivity contribution >= 4 is 5.96 Å². The molecule has 0 aliphatic carbocycles. The van der Waals surface area contributed by atoms with Crippen LogP contribution >= 0.6 is 0 Å². The summed E-state index contributed by atoms with van der Waals surface area (Å²) in [4.78, 5) is 6.53. The van der Waals surface area contributed by atoms with Crippen LogP contribution in [0.2, 0.25) is 0 Å². The fourth-order valence-corrected chi connectivity index (χ4v) is 1.90. The number of rotatable bonds is 7. The lowest BCUT2D eigenvalue weighted by Gasteiger charge is -2.23. The smallest absolute Gasteiger partial charge is 0.191 e. The van der Waals surface area contributed by atoms with Gasteiger partial charge in [0.2, 0.25) is 0 Å². The average molecular weight is 288 g/mol. The van der Waals surface area contributed by atoms with E-state index in [1.807, 2.05) is 6.08 Å². The van der Waals surface area contributed by atoms with Gasteiger partial charge in [-0.2, -0.15) is 0 Å². The molecule has 0 aliphatic rings. The quantitative estimate of drug-likeness (QED) is 0.460. The van der Waals surface area contributed by atoms with Crippen LogP contribution in [0.3, 0.4) is 0 Å². The first-order valence-corrected chi connectivity index (χ1v) is 7.41. The molecular weight excluding hydrogens is 260 g/mol. The topological polar surface area (TPSA) is 39.7 Å². The van der Waals surface area contributed by atoms with E-state index in [9.17, 15) is 0 Å². The third-order valence-electron chi connectivity index (χ3n) is 3.50. The Kier molecular flexibility index (Phi) is 7.54. The van der Waals surface area contributed by atoms with Gasteiger partial charge in [0.05, 0.1) is 0 Å². The number of benzene rings is 1. The van der Waals surface area contributed by atoms with Gasteiger partial charge in [0.25, 0.3) is 0 Å². The molecule has 0 aliphatic heterocycles. The van der Waals surface area contributed by atoms with Crippen molar-refractivity contribution in [2.24, 2.45) is 4.99 Å². The zero-order valence-electron chi connectivity index (χ0n) is 13.7. The Morgan fingerprint density at radius 3 is 2.52 bits per heavy atom. The molecule has 0 spiro atoms. The summed E-state index contributed by atoms with van der Waals surface area (Å²) in [6.07, 6.45) is 1.82. The van der Waals surface area contributed by atoms with E-state index < -0.39 is 0 Å². The lowest BCUT2D eigenvalue weighted by molar-refractivity contribution is 0.265.